The highest BCUT2D eigenvalue weighted by Crippen LogP contribution is 2.20. The number of nitrogens with zero attached hydrogens (tertiary/aromatic N) is 1. The van der Waals surface area contributed by atoms with Crippen LogP contribution in [0.1, 0.15) is 142 Å². The number of anilines is 2. The summed E-state index contributed by atoms with van der Waals surface area (Å²) >= 11 is 0. The zero-order valence-corrected chi connectivity index (χ0v) is 27.8. The van der Waals surface area contributed by atoms with E-state index in [0.29, 0.717) is 43.3 Å². The van der Waals surface area contributed by atoms with Crippen LogP contribution in [-0.2, 0) is 14.3 Å². The van der Waals surface area contributed by atoms with Crippen LogP contribution in [0.25, 0.3) is 0 Å². The lowest BCUT2D eigenvalue weighted by molar-refractivity contribution is -0.144. The van der Waals surface area contributed by atoms with Gasteiger partial charge in [0.1, 0.15) is 17.7 Å². The number of carbonyl (C=O) groups excluding carboxylic acids is 2. The highest BCUT2D eigenvalue weighted by molar-refractivity contribution is 5.73. The fraction of sp³-hybridized carbons (Fsp3) is 0.829. The van der Waals surface area contributed by atoms with E-state index < -0.39 is 10.9 Å². The molecular formula is C35H63N3O5. The quantitative estimate of drug-likeness (QED) is 0.0395. The van der Waals surface area contributed by atoms with Crippen LogP contribution >= 0.6 is 0 Å². The number of ether oxygens (including phenoxy) is 1. The Labute approximate surface area is 261 Å². The minimum absolute atomic E-state index is 0.0405. The van der Waals surface area contributed by atoms with E-state index in [2.05, 4.69) is 29.4 Å². The lowest BCUT2D eigenvalue weighted by Gasteiger charge is -2.23. The highest BCUT2D eigenvalue weighted by Gasteiger charge is 2.19. The van der Waals surface area contributed by atoms with Crippen LogP contribution in [0.2, 0.25) is 0 Å². The van der Waals surface area contributed by atoms with Gasteiger partial charge in [-0.05, 0) is 64.1 Å². The highest BCUT2D eigenvalue weighted by atomic mass is 16.5. The molecular weight excluding hydrogens is 542 g/mol. The molecule has 0 heterocycles. The molecule has 1 aromatic rings. The maximum absolute atomic E-state index is 12.2. The van der Waals surface area contributed by atoms with Crippen LogP contribution in [0, 0.1) is 5.92 Å². The molecule has 0 aliphatic rings. The van der Waals surface area contributed by atoms with Crippen LogP contribution < -0.4 is 21.5 Å². The van der Waals surface area contributed by atoms with Crippen LogP contribution in [-0.4, -0.2) is 57.0 Å². The fourth-order valence-electron chi connectivity index (χ4n) is 5.71. The van der Waals surface area contributed by atoms with Crippen molar-refractivity contribution in [1.82, 2.24) is 4.90 Å². The van der Waals surface area contributed by atoms with E-state index in [1.807, 2.05) is 0 Å². The summed E-state index contributed by atoms with van der Waals surface area (Å²) in [7, 11) is 1.66. The number of carbonyl (C=O) groups is 2. The Kier molecular flexibility index (Phi) is 23.6. The smallest absolute Gasteiger partial charge is 0.305 e. The van der Waals surface area contributed by atoms with Gasteiger partial charge in [-0.1, -0.05) is 90.9 Å². The normalized spacial score (nSPS) is 11.5. The molecule has 0 saturated heterocycles. The maximum atomic E-state index is 12.2. The van der Waals surface area contributed by atoms with Crippen molar-refractivity contribution < 1.29 is 14.3 Å². The molecule has 0 saturated carbocycles. The van der Waals surface area contributed by atoms with Gasteiger partial charge in [0.15, 0.2) is 0 Å². The SMILES string of the molecule is CCCCC(CCCC)CCOC(=O)CCCCCCCN(CCCCCCCC=O)CCCNc1c(NC)c(=O)c1=O. The van der Waals surface area contributed by atoms with Gasteiger partial charge in [-0.3, -0.25) is 14.4 Å². The number of hydrogen-bond donors (Lipinski definition) is 2. The fourth-order valence-corrected chi connectivity index (χ4v) is 5.71. The van der Waals surface area contributed by atoms with E-state index in [-0.39, 0.29) is 5.97 Å². The molecule has 43 heavy (non-hydrogen) atoms. The molecule has 1 rings (SSSR count). The summed E-state index contributed by atoms with van der Waals surface area (Å²) < 4.78 is 5.55. The van der Waals surface area contributed by atoms with E-state index in [0.717, 1.165) is 90.1 Å². The molecule has 0 spiro atoms. The van der Waals surface area contributed by atoms with Crippen LogP contribution in [0.4, 0.5) is 11.4 Å². The van der Waals surface area contributed by atoms with Gasteiger partial charge in [-0.15, -0.1) is 0 Å². The number of nitrogens with one attached hydrogen (secondary N) is 2. The summed E-state index contributed by atoms with van der Waals surface area (Å²) in [4.78, 5) is 48.6. The second-order valence-electron chi connectivity index (χ2n) is 12.2. The second-order valence-corrected chi connectivity index (χ2v) is 12.2. The zero-order valence-electron chi connectivity index (χ0n) is 27.8. The molecule has 0 amide bonds. The van der Waals surface area contributed by atoms with Gasteiger partial charge in [0.2, 0.25) is 0 Å². The van der Waals surface area contributed by atoms with Gasteiger partial charge in [0.25, 0.3) is 10.9 Å². The summed E-state index contributed by atoms with van der Waals surface area (Å²) in [5.74, 6) is 0.652. The Morgan fingerprint density at radius 2 is 1.30 bits per heavy atom. The first kappa shape index (κ1) is 38.8. The molecule has 1 aromatic carbocycles. The van der Waals surface area contributed by atoms with Gasteiger partial charge in [-0.25, -0.2) is 0 Å². The lowest BCUT2D eigenvalue weighted by atomic mass is 9.93. The first-order valence-electron chi connectivity index (χ1n) is 17.5. The Bertz CT molecular complexity index is 904. The van der Waals surface area contributed by atoms with Crippen LogP contribution in [0.3, 0.4) is 0 Å². The van der Waals surface area contributed by atoms with Crippen molar-refractivity contribution in [3.8, 4) is 0 Å². The van der Waals surface area contributed by atoms with Gasteiger partial charge < -0.3 is 25.1 Å². The topological polar surface area (TPSA) is 105 Å². The number of hydrogen-bond acceptors (Lipinski definition) is 8. The molecule has 248 valence electrons. The standard InChI is InChI=1S/C35H63N3O5/c1-4-6-20-30(21-7-5-2)23-29-43-31(40)22-15-11-10-13-17-26-38(25-16-12-8-9-14-18-28-39)27-19-24-37-33-32(36-3)34(41)35(33)42/h28,30,36-37H,4-27,29H2,1-3H3. The molecule has 0 fully saturated rings. The van der Waals surface area contributed by atoms with Crippen molar-refractivity contribution in [2.24, 2.45) is 5.92 Å². The molecule has 0 aromatic heterocycles. The molecule has 0 atom stereocenters. The Hall–Kier alpha value is -2.22. The predicted molar refractivity (Wildman–Crippen MR) is 180 cm³/mol. The first-order chi connectivity index (χ1) is 21.0. The van der Waals surface area contributed by atoms with Gasteiger partial charge in [0, 0.05) is 26.4 Å². The summed E-state index contributed by atoms with van der Waals surface area (Å²) in [6.45, 7) is 8.76. The van der Waals surface area contributed by atoms with Crippen LogP contribution in [0.15, 0.2) is 9.59 Å². The minimum Gasteiger partial charge on any atom is -0.466 e. The molecule has 0 unspecified atom stereocenters. The molecule has 0 bridgehead atoms. The third kappa shape index (κ3) is 18.2. The Morgan fingerprint density at radius 3 is 1.91 bits per heavy atom. The van der Waals surface area contributed by atoms with Gasteiger partial charge in [-0.2, -0.15) is 0 Å². The number of rotatable bonds is 31. The summed E-state index contributed by atoms with van der Waals surface area (Å²) in [6.07, 6.45) is 22.6. The Balaban J connectivity index is 2.25. The first-order valence-corrected chi connectivity index (χ1v) is 17.5. The number of aldehydes is 1. The zero-order chi connectivity index (χ0) is 31.5. The third-order valence-electron chi connectivity index (χ3n) is 8.49. The van der Waals surface area contributed by atoms with Crippen molar-refractivity contribution in [2.75, 3.05) is 50.5 Å². The van der Waals surface area contributed by atoms with Crippen molar-refractivity contribution in [3.05, 3.63) is 20.4 Å². The lowest BCUT2D eigenvalue weighted by Crippen LogP contribution is -2.37. The molecule has 8 nitrogen and oxygen atoms in total. The minimum atomic E-state index is -0.439. The molecule has 0 aliphatic heterocycles. The van der Waals surface area contributed by atoms with E-state index >= 15 is 0 Å². The van der Waals surface area contributed by atoms with E-state index in [1.54, 1.807) is 7.05 Å². The van der Waals surface area contributed by atoms with Crippen molar-refractivity contribution in [2.45, 2.75) is 142 Å². The second kappa shape index (κ2) is 26.2. The van der Waals surface area contributed by atoms with Crippen LogP contribution in [0.5, 0.6) is 0 Å². The number of unbranched alkanes of at least 4 members (excludes halogenated alkanes) is 11. The average Bonchev–Trinajstić information content (AvgIpc) is 3.01. The summed E-state index contributed by atoms with van der Waals surface area (Å²) in [5.41, 5.74) is -0.0579. The number of esters is 1. The molecule has 0 radical (unpaired) electrons. The summed E-state index contributed by atoms with van der Waals surface area (Å²) in [6, 6.07) is 0. The Morgan fingerprint density at radius 1 is 0.744 bits per heavy atom. The van der Waals surface area contributed by atoms with Crippen molar-refractivity contribution in [3.63, 3.8) is 0 Å². The monoisotopic (exact) mass is 605 g/mol. The average molecular weight is 606 g/mol. The van der Waals surface area contributed by atoms with E-state index in [1.165, 1.54) is 51.4 Å². The molecule has 2 N–H and O–H groups in total. The van der Waals surface area contributed by atoms with Crippen molar-refractivity contribution in [1.29, 1.82) is 0 Å². The third-order valence-corrected chi connectivity index (χ3v) is 8.49. The molecule has 0 aliphatic carbocycles. The van der Waals surface area contributed by atoms with Crippen molar-refractivity contribution >= 4 is 23.6 Å². The maximum Gasteiger partial charge on any atom is 0.305 e. The van der Waals surface area contributed by atoms with E-state index in [9.17, 15) is 19.2 Å². The van der Waals surface area contributed by atoms with Gasteiger partial charge >= 0.3 is 5.97 Å². The molecule has 8 heteroatoms. The van der Waals surface area contributed by atoms with E-state index in [4.69, 9.17) is 4.74 Å². The predicted octanol–water partition coefficient (Wildman–Crippen LogP) is 7.24. The summed E-state index contributed by atoms with van der Waals surface area (Å²) in [5, 5.41) is 5.94. The largest absolute Gasteiger partial charge is 0.466 e. The van der Waals surface area contributed by atoms with Gasteiger partial charge in [0.05, 0.1) is 6.61 Å².